The first-order valence-electron chi connectivity index (χ1n) is 10.4. The Hall–Kier alpha value is -3.46. The molecule has 0 unspecified atom stereocenters. The van der Waals surface area contributed by atoms with Gasteiger partial charge in [0.25, 0.3) is 5.91 Å². The standard InChI is InChI=1S/C23H24N4O4S/c1-3-11-27(22(29)16-6-4-15(2)5-7-16)12-10-20(28)24-23-26-25-21(32-23)17-8-9-18-19(13-17)31-14-30-18/h4-9,13H,3,10-12,14H2,1-2H3,(H,24,26,28). The highest BCUT2D eigenvalue weighted by Gasteiger charge is 2.18. The van der Waals surface area contributed by atoms with Crippen LogP contribution in [0.15, 0.2) is 42.5 Å². The Labute approximate surface area is 190 Å². The van der Waals surface area contributed by atoms with Gasteiger partial charge in [0.1, 0.15) is 5.01 Å². The molecule has 3 aromatic rings. The van der Waals surface area contributed by atoms with Gasteiger partial charge in [-0.15, -0.1) is 10.2 Å². The van der Waals surface area contributed by atoms with E-state index in [-0.39, 0.29) is 25.0 Å². The van der Waals surface area contributed by atoms with Crippen molar-refractivity contribution >= 4 is 28.3 Å². The molecular formula is C23H24N4O4S. The van der Waals surface area contributed by atoms with E-state index in [0.717, 1.165) is 17.5 Å². The van der Waals surface area contributed by atoms with Crippen LogP contribution in [0.5, 0.6) is 11.5 Å². The van der Waals surface area contributed by atoms with Crippen LogP contribution in [0, 0.1) is 6.92 Å². The molecule has 1 aromatic heterocycles. The van der Waals surface area contributed by atoms with Crippen LogP contribution in [0.3, 0.4) is 0 Å². The van der Waals surface area contributed by atoms with E-state index in [9.17, 15) is 9.59 Å². The fourth-order valence-electron chi connectivity index (χ4n) is 3.30. The Balaban J connectivity index is 1.34. The summed E-state index contributed by atoms with van der Waals surface area (Å²) in [4.78, 5) is 27.0. The van der Waals surface area contributed by atoms with Crippen LogP contribution in [0.1, 0.15) is 35.7 Å². The summed E-state index contributed by atoms with van der Waals surface area (Å²) in [5.41, 5.74) is 2.56. The molecule has 0 saturated carbocycles. The van der Waals surface area contributed by atoms with Gasteiger partial charge in [-0.25, -0.2) is 0 Å². The summed E-state index contributed by atoms with van der Waals surface area (Å²) >= 11 is 1.28. The normalized spacial score (nSPS) is 11.9. The molecule has 0 bridgehead atoms. The second-order valence-electron chi connectivity index (χ2n) is 7.44. The monoisotopic (exact) mass is 452 g/mol. The number of carbonyl (C=O) groups excluding carboxylic acids is 2. The summed E-state index contributed by atoms with van der Waals surface area (Å²) in [6.07, 6.45) is 0.991. The van der Waals surface area contributed by atoms with Crippen LogP contribution in [0.25, 0.3) is 10.6 Å². The average Bonchev–Trinajstić information content (AvgIpc) is 3.45. The molecule has 0 atom stereocenters. The van der Waals surface area contributed by atoms with E-state index in [0.29, 0.717) is 40.3 Å². The SMILES string of the molecule is CCCN(CCC(=O)Nc1nnc(-c2ccc3c(c2)OCO3)s1)C(=O)c1ccc(C)cc1. The summed E-state index contributed by atoms with van der Waals surface area (Å²) < 4.78 is 10.7. The van der Waals surface area contributed by atoms with Gasteiger partial charge in [0, 0.05) is 30.6 Å². The quantitative estimate of drug-likeness (QED) is 0.553. The molecule has 9 heteroatoms. The molecule has 0 fully saturated rings. The maximum Gasteiger partial charge on any atom is 0.253 e. The molecule has 166 valence electrons. The molecule has 2 aromatic carbocycles. The zero-order valence-electron chi connectivity index (χ0n) is 18.0. The van der Waals surface area contributed by atoms with E-state index in [4.69, 9.17) is 9.47 Å². The molecule has 0 aliphatic carbocycles. The minimum Gasteiger partial charge on any atom is -0.454 e. The van der Waals surface area contributed by atoms with Crippen LogP contribution in [-0.2, 0) is 4.79 Å². The Kier molecular flexibility index (Phi) is 6.65. The van der Waals surface area contributed by atoms with Gasteiger partial charge < -0.3 is 19.7 Å². The number of benzene rings is 2. The minimum absolute atomic E-state index is 0.0688. The van der Waals surface area contributed by atoms with Crippen molar-refractivity contribution in [3.63, 3.8) is 0 Å². The van der Waals surface area contributed by atoms with Crippen molar-refractivity contribution in [3.05, 3.63) is 53.6 Å². The van der Waals surface area contributed by atoms with Crippen molar-refractivity contribution in [2.45, 2.75) is 26.7 Å². The van der Waals surface area contributed by atoms with E-state index in [2.05, 4.69) is 15.5 Å². The van der Waals surface area contributed by atoms with Gasteiger partial charge in [0.2, 0.25) is 17.8 Å². The van der Waals surface area contributed by atoms with Gasteiger partial charge in [-0.3, -0.25) is 9.59 Å². The molecule has 0 saturated heterocycles. The number of hydrogen-bond donors (Lipinski definition) is 1. The Morgan fingerprint density at radius 3 is 2.62 bits per heavy atom. The number of amides is 2. The van der Waals surface area contributed by atoms with Gasteiger partial charge in [0.15, 0.2) is 11.5 Å². The lowest BCUT2D eigenvalue weighted by atomic mass is 10.1. The largest absolute Gasteiger partial charge is 0.454 e. The molecule has 1 N–H and O–H groups in total. The van der Waals surface area contributed by atoms with Crippen LogP contribution in [-0.4, -0.2) is 46.8 Å². The zero-order chi connectivity index (χ0) is 22.5. The maximum atomic E-state index is 12.8. The summed E-state index contributed by atoms with van der Waals surface area (Å²) in [7, 11) is 0. The van der Waals surface area contributed by atoms with E-state index in [1.807, 2.05) is 56.3 Å². The Morgan fingerprint density at radius 1 is 1.06 bits per heavy atom. The van der Waals surface area contributed by atoms with E-state index in [1.165, 1.54) is 11.3 Å². The van der Waals surface area contributed by atoms with Crippen LogP contribution in [0.2, 0.25) is 0 Å². The van der Waals surface area contributed by atoms with Crippen molar-refractivity contribution in [2.75, 3.05) is 25.2 Å². The highest BCUT2D eigenvalue weighted by Crippen LogP contribution is 2.37. The summed E-state index contributed by atoms with van der Waals surface area (Å²) in [5, 5.41) is 12.1. The summed E-state index contributed by atoms with van der Waals surface area (Å²) in [6, 6.07) is 13.0. The first-order chi connectivity index (χ1) is 15.5. The second kappa shape index (κ2) is 9.78. The van der Waals surface area contributed by atoms with Crippen LogP contribution < -0.4 is 14.8 Å². The summed E-state index contributed by atoms with van der Waals surface area (Å²) in [6.45, 7) is 5.12. The van der Waals surface area contributed by atoms with Crippen molar-refractivity contribution < 1.29 is 19.1 Å². The van der Waals surface area contributed by atoms with Crippen molar-refractivity contribution in [1.29, 1.82) is 0 Å². The van der Waals surface area contributed by atoms with E-state index < -0.39 is 0 Å². The number of aromatic nitrogens is 2. The number of ether oxygens (including phenoxy) is 2. The van der Waals surface area contributed by atoms with E-state index in [1.54, 1.807) is 4.90 Å². The topological polar surface area (TPSA) is 93.7 Å². The molecule has 1 aliphatic rings. The molecule has 0 spiro atoms. The third-order valence-electron chi connectivity index (χ3n) is 4.98. The number of nitrogens with zero attached hydrogens (tertiary/aromatic N) is 3. The Bertz CT molecular complexity index is 1110. The molecule has 2 amide bonds. The lowest BCUT2D eigenvalue weighted by Gasteiger charge is -2.22. The predicted molar refractivity (Wildman–Crippen MR) is 122 cm³/mol. The molecular weight excluding hydrogens is 428 g/mol. The fourth-order valence-corrected chi connectivity index (χ4v) is 4.06. The molecule has 0 radical (unpaired) electrons. The smallest absolute Gasteiger partial charge is 0.253 e. The molecule has 8 nitrogen and oxygen atoms in total. The Morgan fingerprint density at radius 2 is 1.84 bits per heavy atom. The fraction of sp³-hybridized carbons (Fsp3) is 0.304. The molecule has 4 rings (SSSR count). The highest BCUT2D eigenvalue weighted by molar-refractivity contribution is 7.18. The van der Waals surface area contributed by atoms with Gasteiger partial charge in [-0.05, 0) is 43.7 Å². The molecule has 2 heterocycles. The number of aryl methyl sites for hydroxylation is 1. The van der Waals surface area contributed by atoms with Gasteiger partial charge in [-0.1, -0.05) is 36.0 Å². The third-order valence-corrected chi connectivity index (χ3v) is 5.87. The first-order valence-corrected chi connectivity index (χ1v) is 11.2. The number of fused-ring (bicyclic) bond motifs is 1. The number of anilines is 1. The van der Waals surface area contributed by atoms with E-state index >= 15 is 0 Å². The van der Waals surface area contributed by atoms with Gasteiger partial charge in [-0.2, -0.15) is 0 Å². The third kappa shape index (κ3) is 5.05. The highest BCUT2D eigenvalue weighted by atomic mass is 32.1. The first kappa shape index (κ1) is 21.8. The van der Waals surface area contributed by atoms with Crippen LogP contribution >= 0.6 is 11.3 Å². The number of nitrogens with one attached hydrogen (secondary N) is 1. The van der Waals surface area contributed by atoms with Gasteiger partial charge in [0.05, 0.1) is 0 Å². The lowest BCUT2D eigenvalue weighted by molar-refractivity contribution is -0.116. The average molecular weight is 453 g/mol. The zero-order valence-corrected chi connectivity index (χ0v) is 18.8. The minimum atomic E-state index is -0.212. The predicted octanol–water partition coefficient (Wildman–Crippen LogP) is 4.12. The van der Waals surface area contributed by atoms with Crippen LogP contribution in [0.4, 0.5) is 5.13 Å². The molecule has 1 aliphatic heterocycles. The van der Waals surface area contributed by atoms with Gasteiger partial charge >= 0.3 is 0 Å². The number of rotatable bonds is 8. The van der Waals surface area contributed by atoms with Crippen molar-refractivity contribution in [3.8, 4) is 22.1 Å². The van der Waals surface area contributed by atoms with Crippen molar-refractivity contribution in [1.82, 2.24) is 15.1 Å². The lowest BCUT2D eigenvalue weighted by Crippen LogP contribution is -2.34. The second-order valence-corrected chi connectivity index (χ2v) is 8.41. The maximum absolute atomic E-state index is 12.8. The molecule has 32 heavy (non-hydrogen) atoms. The summed E-state index contributed by atoms with van der Waals surface area (Å²) in [5.74, 6) is 1.08. The van der Waals surface area contributed by atoms with Crippen molar-refractivity contribution in [2.24, 2.45) is 0 Å². The number of hydrogen-bond acceptors (Lipinski definition) is 7. The number of carbonyl (C=O) groups is 2.